The summed E-state index contributed by atoms with van der Waals surface area (Å²) < 4.78 is 26.3. The first kappa shape index (κ1) is 13.9. The van der Waals surface area contributed by atoms with Crippen molar-refractivity contribution in [3.63, 3.8) is 0 Å². The topological polar surface area (TPSA) is 46.3 Å². The Morgan fingerprint density at radius 1 is 1.47 bits per heavy atom. The third-order valence-electron chi connectivity index (χ3n) is 3.66. The van der Waals surface area contributed by atoms with E-state index in [1.807, 2.05) is 0 Å². The molecule has 0 radical (unpaired) electrons. The van der Waals surface area contributed by atoms with Gasteiger partial charge in [0.2, 0.25) is 5.91 Å². The van der Waals surface area contributed by atoms with E-state index in [1.165, 1.54) is 6.07 Å². The Kier molecular flexibility index (Phi) is 4.14. The molecule has 1 aliphatic rings. The summed E-state index contributed by atoms with van der Waals surface area (Å²) >= 11 is 0. The maximum absolute atomic E-state index is 13.5. The molecule has 1 saturated carbocycles. The van der Waals surface area contributed by atoms with Crippen LogP contribution >= 0.6 is 0 Å². The van der Waals surface area contributed by atoms with Gasteiger partial charge in [-0.1, -0.05) is 6.07 Å². The fourth-order valence-corrected chi connectivity index (χ4v) is 2.29. The van der Waals surface area contributed by atoms with E-state index in [1.54, 1.807) is 11.9 Å². The smallest absolute Gasteiger partial charge is 0.227 e. The van der Waals surface area contributed by atoms with E-state index < -0.39 is 11.6 Å². The number of carbonyl (C=O) groups excluding carboxylic acids is 1. The standard InChI is InChI=1S/C14H18F2N2O/c1-18(13(8-17)9-2-3-9)14(19)6-10-4-5-11(15)7-12(10)16/h4-5,7,9,13H,2-3,6,8,17H2,1H3. The number of nitrogens with two attached hydrogens (primary N) is 1. The SMILES string of the molecule is CN(C(=O)Cc1ccc(F)cc1F)C(CN)C1CC1. The molecular weight excluding hydrogens is 250 g/mol. The van der Waals surface area contributed by atoms with Crippen molar-refractivity contribution in [3.05, 3.63) is 35.4 Å². The first-order valence-electron chi connectivity index (χ1n) is 6.42. The van der Waals surface area contributed by atoms with Crippen molar-refractivity contribution in [2.24, 2.45) is 11.7 Å². The maximum Gasteiger partial charge on any atom is 0.227 e. The molecule has 1 aliphatic carbocycles. The van der Waals surface area contributed by atoms with E-state index in [0.29, 0.717) is 12.5 Å². The lowest BCUT2D eigenvalue weighted by Crippen LogP contribution is -2.44. The molecular formula is C14H18F2N2O. The molecule has 1 atom stereocenters. The Morgan fingerprint density at radius 3 is 2.68 bits per heavy atom. The molecule has 0 aromatic heterocycles. The quantitative estimate of drug-likeness (QED) is 0.883. The predicted octanol–water partition coefficient (Wildman–Crippen LogP) is 1.70. The van der Waals surface area contributed by atoms with Crippen LogP contribution < -0.4 is 5.73 Å². The lowest BCUT2D eigenvalue weighted by atomic mass is 10.1. The minimum Gasteiger partial charge on any atom is -0.341 e. The number of hydrogen-bond donors (Lipinski definition) is 1. The van der Waals surface area contributed by atoms with Crippen molar-refractivity contribution in [2.45, 2.75) is 25.3 Å². The zero-order chi connectivity index (χ0) is 14.0. The van der Waals surface area contributed by atoms with Gasteiger partial charge < -0.3 is 10.6 Å². The van der Waals surface area contributed by atoms with Crippen molar-refractivity contribution in [1.82, 2.24) is 4.90 Å². The fraction of sp³-hybridized carbons (Fsp3) is 0.500. The Labute approximate surface area is 111 Å². The number of hydrogen-bond acceptors (Lipinski definition) is 2. The third kappa shape index (κ3) is 3.29. The molecule has 1 aromatic rings. The Bertz CT molecular complexity index is 475. The minimum absolute atomic E-state index is 0.0241. The lowest BCUT2D eigenvalue weighted by Gasteiger charge is -2.27. The summed E-state index contributed by atoms with van der Waals surface area (Å²) in [5, 5.41) is 0. The molecule has 19 heavy (non-hydrogen) atoms. The van der Waals surface area contributed by atoms with Crippen molar-refractivity contribution in [2.75, 3.05) is 13.6 Å². The molecule has 0 saturated heterocycles. The molecule has 0 heterocycles. The molecule has 3 nitrogen and oxygen atoms in total. The predicted molar refractivity (Wildman–Crippen MR) is 68.4 cm³/mol. The van der Waals surface area contributed by atoms with Crippen molar-refractivity contribution in [1.29, 1.82) is 0 Å². The van der Waals surface area contributed by atoms with Gasteiger partial charge in [0.1, 0.15) is 11.6 Å². The number of likely N-dealkylation sites (N-methyl/N-ethyl adjacent to an activating group) is 1. The zero-order valence-corrected chi connectivity index (χ0v) is 10.9. The summed E-state index contributed by atoms with van der Waals surface area (Å²) in [6.07, 6.45) is 2.11. The second-order valence-electron chi connectivity index (χ2n) is 5.06. The van der Waals surface area contributed by atoms with Crippen LogP contribution in [-0.2, 0) is 11.2 Å². The molecule has 1 amide bonds. The molecule has 1 aromatic carbocycles. The van der Waals surface area contributed by atoms with Gasteiger partial charge in [0, 0.05) is 25.7 Å². The second-order valence-corrected chi connectivity index (χ2v) is 5.06. The number of amides is 1. The molecule has 2 N–H and O–H groups in total. The van der Waals surface area contributed by atoms with Crippen LogP contribution in [0.15, 0.2) is 18.2 Å². The number of benzene rings is 1. The summed E-state index contributed by atoms with van der Waals surface area (Å²) in [4.78, 5) is 13.7. The molecule has 1 fully saturated rings. The first-order valence-corrected chi connectivity index (χ1v) is 6.42. The molecule has 2 rings (SSSR count). The molecule has 0 spiro atoms. The summed E-state index contributed by atoms with van der Waals surface area (Å²) in [5.41, 5.74) is 5.89. The van der Waals surface area contributed by atoms with Crippen molar-refractivity contribution < 1.29 is 13.6 Å². The first-order chi connectivity index (χ1) is 9.02. The van der Waals surface area contributed by atoms with Crippen LogP contribution in [0.2, 0.25) is 0 Å². The highest BCUT2D eigenvalue weighted by Crippen LogP contribution is 2.34. The van der Waals surface area contributed by atoms with E-state index in [2.05, 4.69) is 0 Å². The van der Waals surface area contributed by atoms with Gasteiger partial charge in [0.15, 0.2) is 0 Å². The number of nitrogens with zero attached hydrogens (tertiary/aromatic N) is 1. The second kappa shape index (κ2) is 5.65. The normalized spacial score (nSPS) is 16.2. The van der Waals surface area contributed by atoms with Crippen LogP contribution in [0.5, 0.6) is 0 Å². The van der Waals surface area contributed by atoms with Crippen LogP contribution in [0.4, 0.5) is 8.78 Å². The van der Waals surface area contributed by atoms with E-state index in [-0.39, 0.29) is 23.9 Å². The molecule has 1 unspecified atom stereocenters. The van der Waals surface area contributed by atoms with Gasteiger partial charge in [-0.05, 0) is 30.4 Å². The molecule has 104 valence electrons. The number of halogens is 2. The van der Waals surface area contributed by atoms with Crippen LogP contribution in [0.1, 0.15) is 18.4 Å². The minimum atomic E-state index is -0.683. The van der Waals surface area contributed by atoms with Crippen LogP contribution in [0.3, 0.4) is 0 Å². The van der Waals surface area contributed by atoms with E-state index in [4.69, 9.17) is 5.73 Å². The lowest BCUT2D eigenvalue weighted by molar-refractivity contribution is -0.131. The fourth-order valence-electron chi connectivity index (χ4n) is 2.29. The maximum atomic E-state index is 13.5. The van der Waals surface area contributed by atoms with Crippen LogP contribution in [0.25, 0.3) is 0 Å². The highest BCUT2D eigenvalue weighted by atomic mass is 19.1. The third-order valence-corrected chi connectivity index (χ3v) is 3.66. The highest BCUT2D eigenvalue weighted by Gasteiger charge is 2.34. The van der Waals surface area contributed by atoms with Gasteiger partial charge in [0.25, 0.3) is 0 Å². The Balaban J connectivity index is 2.03. The summed E-state index contributed by atoms with van der Waals surface area (Å²) in [5.74, 6) is -1.04. The Hall–Kier alpha value is -1.49. The van der Waals surface area contributed by atoms with E-state index in [9.17, 15) is 13.6 Å². The molecule has 5 heteroatoms. The highest BCUT2D eigenvalue weighted by molar-refractivity contribution is 5.79. The van der Waals surface area contributed by atoms with Crippen molar-refractivity contribution in [3.8, 4) is 0 Å². The molecule has 0 bridgehead atoms. The van der Waals surface area contributed by atoms with Gasteiger partial charge in [-0.25, -0.2) is 8.78 Å². The van der Waals surface area contributed by atoms with Gasteiger partial charge in [-0.2, -0.15) is 0 Å². The summed E-state index contributed by atoms with van der Waals surface area (Å²) in [6, 6.07) is 3.29. The van der Waals surface area contributed by atoms with Crippen LogP contribution in [-0.4, -0.2) is 30.4 Å². The summed E-state index contributed by atoms with van der Waals surface area (Å²) in [6.45, 7) is 0.415. The van der Waals surface area contributed by atoms with Crippen molar-refractivity contribution >= 4 is 5.91 Å². The van der Waals surface area contributed by atoms with Gasteiger partial charge in [-0.3, -0.25) is 4.79 Å². The average molecular weight is 268 g/mol. The monoisotopic (exact) mass is 268 g/mol. The summed E-state index contributed by atoms with van der Waals surface area (Å²) in [7, 11) is 1.69. The van der Waals surface area contributed by atoms with E-state index >= 15 is 0 Å². The zero-order valence-electron chi connectivity index (χ0n) is 10.9. The molecule has 0 aliphatic heterocycles. The largest absolute Gasteiger partial charge is 0.341 e. The van der Waals surface area contributed by atoms with E-state index in [0.717, 1.165) is 25.0 Å². The number of carbonyl (C=O) groups is 1. The van der Waals surface area contributed by atoms with Gasteiger partial charge in [0.05, 0.1) is 6.42 Å². The van der Waals surface area contributed by atoms with Gasteiger partial charge >= 0.3 is 0 Å². The van der Waals surface area contributed by atoms with Crippen LogP contribution in [0, 0.1) is 17.6 Å². The Morgan fingerprint density at radius 2 is 2.16 bits per heavy atom. The average Bonchev–Trinajstić information content (AvgIpc) is 3.18. The number of rotatable bonds is 5. The van der Waals surface area contributed by atoms with Gasteiger partial charge in [-0.15, -0.1) is 0 Å².